The SMILES string of the molecule is CCN(CC)C[C@H](O)COc1ccc(CNCCCOc2cccnc2)cc1OC. The lowest BCUT2D eigenvalue weighted by Gasteiger charge is -2.22. The number of aromatic nitrogens is 1. The van der Waals surface area contributed by atoms with Gasteiger partial charge in [0.1, 0.15) is 18.5 Å². The fourth-order valence-electron chi connectivity index (χ4n) is 3.01. The van der Waals surface area contributed by atoms with Crippen LogP contribution in [0.4, 0.5) is 0 Å². The standard InChI is InChI=1S/C23H35N3O4/c1-4-26(5-2)17-20(27)18-30-22-10-9-19(14-23(22)28-3)15-24-12-7-13-29-21-8-6-11-25-16-21/h6,8-11,14,16,20,24,27H,4-5,7,12-13,15,17-18H2,1-3H3/t20-/m0/s1. The van der Waals surface area contributed by atoms with Crippen molar-refractivity contribution < 1.29 is 19.3 Å². The third-order valence-corrected chi connectivity index (χ3v) is 4.75. The van der Waals surface area contributed by atoms with Crippen molar-refractivity contribution in [1.29, 1.82) is 0 Å². The molecule has 1 aromatic heterocycles. The first-order chi connectivity index (χ1) is 14.7. The average molecular weight is 418 g/mol. The number of hydrogen-bond acceptors (Lipinski definition) is 7. The second-order valence-corrected chi connectivity index (χ2v) is 7.00. The molecule has 0 radical (unpaired) electrons. The molecular weight excluding hydrogens is 382 g/mol. The lowest BCUT2D eigenvalue weighted by atomic mass is 10.2. The Hall–Kier alpha value is -2.35. The minimum absolute atomic E-state index is 0.237. The molecule has 7 heteroatoms. The molecule has 30 heavy (non-hydrogen) atoms. The van der Waals surface area contributed by atoms with Crippen LogP contribution in [0.5, 0.6) is 17.2 Å². The van der Waals surface area contributed by atoms with Crippen molar-refractivity contribution in [2.45, 2.75) is 32.9 Å². The first-order valence-electron chi connectivity index (χ1n) is 10.6. The van der Waals surface area contributed by atoms with E-state index in [2.05, 4.69) is 29.0 Å². The molecule has 0 aliphatic heterocycles. The molecular formula is C23H35N3O4. The topological polar surface area (TPSA) is 76.1 Å². The van der Waals surface area contributed by atoms with Gasteiger partial charge in [-0.25, -0.2) is 0 Å². The van der Waals surface area contributed by atoms with Crippen molar-refractivity contribution in [3.63, 3.8) is 0 Å². The molecule has 166 valence electrons. The second-order valence-electron chi connectivity index (χ2n) is 7.00. The molecule has 2 rings (SSSR count). The van der Waals surface area contributed by atoms with Gasteiger partial charge in [-0.1, -0.05) is 19.9 Å². The van der Waals surface area contributed by atoms with Crippen LogP contribution in [0, 0.1) is 0 Å². The molecule has 0 amide bonds. The maximum atomic E-state index is 10.2. The molecule has 2 aromatic rings. The molecule has 2 N–H and O–H groups in total. The average Bonchev–Trinajstić information content (AvgIpc) is 2.79. The first-order valence-corrected chi connectivity index (χ1v) is 10.6. The summed E-state index contributed by atoms with van der Waals surface area (Å²) in [5.41, 5.74) is 1.11. The van der Waals surface area contributed by atoms with E-state index < -0.39 is 6.10 Å². The lowest BCUT2D eigenvalue weighted by Crippen LogP contribution is -2.35. The number of hydrogen-bond donors (Lipinski definition) is 2. The summed E-state index contributed by atoms with van der Waals surface area (Å²) in [6.07, 6.45) is 3.81. The van der Waals surface area contributed by atoms with E-state index in [0.29, 0.717) is 24.7 Å². The monoisotopic (exact) mass is 417 g/mol. The predicted molar refractivity (Wildman–Crippen MR) is 118 cm³/mol. The van der Waals surface area contributed by atoms with Crippen LogP contribution in [0.1, 0.15) is 25.8 Å². The van der Waals surface area contributed by atoms with Crippen molar-refractivity contribution in [3.8, 4) is 17.2 Å². The molecule has 0 spiro atoms. The molecule has 0 unspecified atom stereocenters. The van der Waals surface area contributed by atoms with Crippen LogP contribution in [0.15, 0.2) is 42.7 Å². The van der Waals surface area contributed by atoms with Crippen molar-refractivity contribution in [2.24, 2.45) is 0 Å². The van der Waals surface area contributed by atoms with Crippen LogP contribution in [-0.4, -0.2) is 67.6 Å². The zero-order valence-electron chi connectivity index (χ0n) is 18.3. The van der Waals surface area contributed by atoms with Gasteiger partial charge in [0.2, 0.25) is 0 Å². The number of rotatable bonds is 15. The lowest BCUT2D eigenvalue weighted by molar-refractivity contribution is 0.0705. The molecule has 0 aliphatic carbocycles. The van der Waals surface area contributed by atoms with Crippen LogP contribution in [0.2, 0.25) is 0 Å². The summed E-state index contributed by atoms with van der Waals surface area (Å²) in [5.74, 6) is 2.11. The summed E-state index contributed by atoms with van der Waals surface area (Å²) in [7, 11) is 1.63. The van der Waals surface area contributed by atoms with Gasteiger partial charge in [-0.05, 0) is 55.9 Å². The van der Waals surface area contributed by atoms with Gasteiger partial charge >= 0.3 is 0 Å². The summed E-state index contributed by atoms with van der Waals surface area (Å²) >= 11 is 0. The summed E-state index contributed by atoms with van der Waals surface area (Å²) in [6, 6.07) is 9.63. The van der Waals surface area contributed by atoms with E-state index in [1.807, 2.05) is 30.3 Å². The Morgan fingerprint density at radius 1 is 1.13 bits per heavy atom. The number of aliphatic hydroxyl groups is 1. The highest BCUT2D eigenvalue weighted by Crippen LogP contribution is 2.28. The van der Waals surface area contributed by atoms with E-state index in [9.17, 15) is 5.11 Å². The number of aliphatic hydroxyl groups excluding tert-OH is 1. The second kappa shape index (κ2) is 13.8. The third-order valence-electron chi connectivity index (χ3n) is 4.75. The Morgan fingerprint density at radius 3 is 2.67 bits per heavy atom. The number of nitrogens with zero attached hydrogens (tertiary/aromatic N) is 2. The molecule has 1 atom stereocenters. The van der Waals surface area contributed by atoms with Crippen LogP contribution in [0.3, 0.4) is 0 Å². The highest BCUT2D eigenvalue weighted by atomic mass is 16.5. The van der Waals surface area contributed by atoms with E-state index in [-0.39, 0.29) is 6.61 Å². The van der Waals surface area contributed by atoms with Gasteiger partial charge in [-0.15, -0.1) is 0 Å². The number of ether oxygens (including phenoxy) is 3. The molecule has 7 nitrogen and oxygen atoms in total. The van der Waals surface area contributed by atoms with Gasteiger partial charge in [0.15, 0.2) is 11.5 Å². The Bertz CT molecular complexity index is 711. The minimum Gasteiger partial charge on any atom is -0.493 e. The molecule has 0 bridgehead atoms. The fraction of sp³-hybridized carbons (Fsp3) is 0.522. The summed E-state index contributed by atoms with van der Waals surface area (Å²) in [5, 5.41) is 13.6. The Balaban J connectivity index is 1.71. The number of methoxy groups -OCH3 is 1. The summed E-state index contributed by atoms with van der Waals surface area (Å²) < 4.78 is 16.9. The largest absolute Gasteiger partial charge is 0.493 e. The summed E-state index contributed by atoms with van der Waals surface area (Å²) in [6.45, 7) is 9.05. The maximum Gasteiger partial charge on any atom is 0.161 e. The number of pyridine rings is 1. The van der Waals surface area contributed by atoms with E-state index in [1.54, 1.807) is 19.5 Å². The van der Waals surface area contributed by atoms with E-state index in [4.69, 9.17) is 14.2 Å². The summed E-state index contributed by atoms with van der Waals surface area (Å²) in [4.78, 5) is 6.20. The van der Waals surface area contributed by atoms with Crippen LogP contribution in [-0.2, 0) is 6.54 Å². The highest BCUT2D eigenvalue weighted by Gasteiger charge is 2.12. The zero-order chi connectivity index (χ0) is 21.6. The van der Waals surface area contributed by atoms with Gasteiger partial charge in [0.05, 0.1) is 19.9 Å². The number of nitrogens with one attached hydrogen (secondary N) is 1. The predicted octanol–water partition coefficient (Wildman–Crippen LogP) is 2.73. The Morgan fingerprint density at radius 2 is 1.97 bits per heavy atom. The van der Waals surface area contributed by atoms with Gasteiger partial charge in [0.25, 0.3) is 0 Å². The van der Waals surface area contributed by atoms with E-state index >= 15 is 0 Å². The number of likely N-dealkylation sites (N-methyl/N-ethyl adjacent to an activating group) is 1. The molecule has 1 heterocycles. The molecule has 0 saturated heterocycles. The number of benzene rings is 1. The zero-order valence-corrected chi connectivity index (χ0v) is 18.3. The normalized spacial score (nSPS) is 12.0. The first kappa shape index (κ1) is 23.9. The van der Waals surface area contributed by atoms with Gasteiger partial charge in [-0.2, -0.15) is 0 Å². The smallest absolute Gasteiger partial charge is 0.161 e. The third kappa shape index (κ3) is 8.57. The van der Waals surface area contributed by atoms with Crippen LogP contribution in [0.25, 0.3) is 0 Å². The van der Waals surface area contributed by atoms with Crippen molar-refractivity contribution in [2.75, 3.05) is 46.5 Å². The van der Waals surface area contributed by atoms with Gasteiger partial charge in [-0.3, -0.25) is 4.98 Å². The van der Waals surface area contributed by atoms with Crippen molar-refractivity contribution >= 4 is 0 Å². The van der Waals surface area contributed by atoms with E-state index in [1.165, 1.54) is 0 Å². The molecule has 0 aliphatic rings. The molecule has 0 saturated carbocycles. The van der Waals surface area contributed by atoms with Gasteiger partial charge < -0.3 is 29.5 Å². The van der Waals surface area contributed by atoms with Crippen LogP contribution < -0.4 is 19.5 Å². The Kier molecular flexibility index (Phi) is 11.0. The fourth-order valence-corrected chi connectivity index (χ4v) is 3.01. The Labute approximate surface area is 180 Å². The highest BCUT2D eigenvalue weighted by molar-refractivity contribution is 5.43. The minimum atomic E-state index is -0.537. The molecule has 0 fully saturated rings. The van der Waals surface area contributed by atoms with Crippen molar-refractivity contribution in [3.05, 3.63) is 48.3 Å². The van der Waals surface area contributed by atoms with Crippen LogP contribution >= 0.6 is 0 Å². The van der Waals surface area contributed by atoms with Crippen molar-refractivity contribution in [1.82, 2.24) is 15.2 Å². The van der Waals surface area contributed by atoms with Gasteiger partial charge in [0, 0.05) is 19.3 Å². The quantitative estimate of drug-likeness (QED) is 0.432. The maximum absolute atomic E-state index is 10.2. The molecule has 1 aromatic carbocycles. The van der Waals surface area contributed by atoms with E-state index in [0.717, 1.165) is 43.9 Å².